The van der Waals surface area contributed by atoms with Crippen LogP contribution in [0.5, 0.6) is 0 Å². The Morgan fingerprint density at radius 3 is 2.17 bits per heavy atom. The molecule has 0 aromatic rings. The fourth-order valence-corrected chi connectivity index (χ4v) is 0.440. The highest BCUT2D eigenvalue weighted by molar-refractivity contribution is 6.22. The molecule has 0 unspecified atom stereocenters. The average Bonchev–Trinajstić information content (AvgIpc) is 1.84. The second kappa shape index (κ2) is 4.50. The molecule has 0 aliphatic carbocycles. The third-order valence-electron chi connectivity index (χ3n) is 1.20. The summed E-state index contributed by atoms with van der Waals surface area (Å²) in [6.07, 6.45) is 0.0952. The van der Waals surface area contributed by atoms with Gasteiger partial charge in [0, 0.05) is 6.10 Å². The standard InChI is InChI=1S/C8H17BO3/c1-6(2)11-9-12-7(10)8(3,4)5/h6,9H,1-5H3. The van der Waals surface area contributed by atoms with Crippen molar-refractivity contribution in [2.45, 2.75) is 40.7 Å². The first kappa shape index (κ1) is 11.5. The average molecular weight is 172 g/mol. The molecule has 0 aliphatic rings. The molecule has 0 bridgehead atoms. The van der Waals surface area contributed by atoms with E-state index < -0.39 is 5.41 Å². The van der Waals surface area contributed by atoms with Crippen LogP contribution in [0.1, 0.15) is 34.6 Å². The van der Waals surface area contributed by atoms with Crippen LogP contribution in [0.15, 0.2) is 0 Å². The van der Waals surface area contributed by atoms with Gasteiger partial charge in [-0.15, -0.1) is 0 Å². The summed E-state index contributed by atoms with van der Waals surface area (Å²) in [5, 5.41) is 0. The lowest BCUT2D eigenvalue weighted by atomic mass is 9.97. The highest BCUT2D eigenvalue weighted by Gasteiger charge is 2.22. The Morgan fingerprint density at radius 2 is 1.83 bits per heavy atom. The molecule has 0 saturated carbocycles. The molecule has 0 radical (unpaired) electrons. The van der Waals surface area contributed by atoms with Crippen LogP contribution in [0.25, 0.3) is 0 Å². The Morgan fingerprint density at radius 1 is 1.33 bits per heavy atom. The number of rotatable bonds is 3. The van der Waals surface area contributed by atoms with Gasteiger partial charge in [0.15, 0.2) is 0 Å². The van der Waals surface area contributed by atoms with Crippen molar-refractivity contribution in [1.82, 2.24) is 0 Å². The molecule has 0 rings (SSSR count). The van der Waals surface area contributed by atoms with Gasteiger partial charge in [0.1, 0.15) is 0 Å². The molecule has 12 heavy (non-hydrogen) atoms. The zero-order valence-corrected chi connectivity index (χ0v) is 8.51. The van der Waals surface area contributed by atoms with Gasteiger partial charge in [-0.3, -0.25) is 4.79 Å². The van der Waals surface area contributed by atoms with Crippen LogP contribution in [0.3, 0.4) is 0 Å². The number of hydrogen-bond donors (Lipinski definition) is 0. The number of carbonyl (C=O) groups is 1. The largest absolute Gasteiger partial charge is 0.512 e. The van der Waals surface area contributed by atoms with E-state index in [9.17, 15) is 4.79 Å². The van der Waals surface area contributed by atoms with E-state index in [2.05, 4.69) is 0 Å². The minimum absolute atomic E-state index is 0.0494. The van der Waals surface area contributed by atoms with Crippen molar-refractivity contribution < 1.29 is 14.1 Å². The van der Waals surface area contributed by atoms with Crippen LogP contribution >= 0.6 is 0 Å². The van der Waals surface area contributed by atoms with E-state index in [1.54, 1.807) is 0 Å². The molecule has 0 spiro atoms. The van der Waals surface area contributed by atoms with Crippen LogP contribution in [-0.4, -0.2) is 19.8 Å². The summed E-state index contributed by atoms with van der Waals surface area (Å²) in [5.41, 5.74) is -0.444. The normalized spacial score (nSPS) is 11.5. The molecule has 0 saturated heterocycles. The van der Waals surface area contributed by atoms with Gasteiger partial charge in [-0.05, 0) is 34.6 Å². The van der Waals surface area contributed by atoms with Crippen LogP contribution in [0.2, 0.25) is 0 Å². The molecular formula is C8H17BO3. The van der Waals surface area contributed by atoms with Gasteiger partial charge >= 0.3 is 7.69 Å². The third-order valence-corrected chi connectivity index (χ3v) is 1.20. The fourth-order valence-electron chi connectivity index (χ4n) is 0.440. The summed E-state index contributed by atoms with van der Waals surface area (Å²) in [6, 6.07) is 0. The van der Waals surface area contributed by atoms with E-state index >= 15 is 0 Å². The lowest BCUT2D eigenvalue weighted by molar-refractivity contribution is -0.144. The Balaban J connectivity index is 3.59. The Labute approximate surface area is 74.7 Å². The molecule has 3 nitrogen and oxygen atoms in total. The first-order valence-corrected chi connectivity index (χ1v) is 4.13. The summed E-state index contributed by atoms with van der Waals surface area (Å²) < 4.78 is 9.92. The SMILES string of the molecule is CC(C)OBOC(=O)C(C)(C)C. The lowest BCUT2D eigenvalue weighted by Gasteiger charge is -2.16. The maximum absolute atomic E-state index is 11.1. The molecule has 4 heteroatoms. The summed E-state index contributed by atoms with van der Waals surface area (Å²) in [7, 11) is 0.0494. The van der Waals surface area contributed by atoms with Gasteiger partial charge in [0.2, 0.25) is 0 Å². The molecule has 0 atom stereocenters. The van der Waals surface area contributed by atoms with Crippen LogP contribution < -0.4 is 0 Å². The van der Waals surface area contributed by atoms with E-state index in [1.807, 2.05) is 34.6 Å². The molecule has 0 heterocycles. The summed E-state index contributed by atoms with van der Waals surface area (Å²) in [4.78, 5) is 11.1. The lowest BCUT2D eigenvalue weighted by Crippen LogP contribution is -2.26. The zero-order chi connectivity index (χ0) is 9.78. The van der Waals surface area contributed by atoms with E-state index in [1.165, 1.54) is 0 Å². The maximum atomic E-state index is 11.1. The zero-order valence-electron chi connectivity index (χ0n) is 8.51. The molecule has 0 fully saturated rings. The van der Waals surface area contributed by atoms with Gasteiger partial charge < -0.3 is 9.31 Å². The van der Waals surface area contributed by atoms with Gasteiger partial charge in [-0.25, -0.2) is 0 Å². The quantitative estimate of drug-likeness (QED) is 0.601. The first-order chi connectivity index (χ1) is 5.34. The summed E-state index contributed by atoms with van der Waals surface area (Å²) in [5.74, 6) is -0.233. The highest BCUT2D eigenvalue weighted by Crippen LogP contribution is 2.14. The van der Waals surface area contributed by atoms with Crippen molar-refractivity contribution in [3.8, 4) is 0 Å². The first-order valence-electron chi connectivity index (χ1n) is 4.13. The van der Waals surface area contributed by atoms with Crippen molar-refractivity contribution in [3.05, 3.63) is 0 Å². The fraction of sp³-hybridized carbons (Fsp3) is 0.875. The molecule has 0 amide bonds. The molecular weight excluding hydrogens is 155 g/mol. The smallest absolute Gasteiger partial charge is 0.508 e. The van der Waals surface area contributed by atoms with E-state index in [-0.39, 0.29) is 19.8 Å². The van der Waals surface area contributed by atoms with E-state index in [4.69, 9.17) is 9.31 Å². The maximum Gasteiger partial charge on any atom is 0.508 e. The summed E-state index contributed by atoms with van der Waals surface area (Å²) >= 11 is 0. The van der Waals surface area contributed by atoms with Crippen molar-refractivity contribution in [2.24, 2.45) is 5.41 Å². The van der Waals surface area contributed by atoms with Crippen LogP contribution in [-0.2, 0) is 14.1 Å². The van der Waals surface area contributed by atoms with Crippen LogP contribution in [0.4, 0.5) is 0 Å². The summed E-state index contributed by atoms with van der Waals surface area (Å²) in [6.45, 7) is 9.22. The predicted octanol–water partition coefficient (Wildman–Crippen LogP) is 1.27. The van der Waals surface area contributed by atoms with Crippen molar-refractivity contribution >= 4 is 13.7 Å². The molecule has 0 aromatic carbocycles. The van der Waals surface area contributed by atoms with Gasteiger partial charge in [0.05, 0.1) is 5.41 Å². The minimum atomic E-state index is -0.444. The second-order valence-corrected chi connectivity index (χ2v) is 4.02. The Kier molecular flexibility index (Phi) is 4.31. The Bertz CT molecular complexity index is 149. The monoisotopic (exact) mass is 172 g/mol. The predicted molar refractivity (Wildman–Crippen MR) is 48.9 cm³/mol. The second-order valence-electron chi connectivity index (χ2n) is 4.02. The number of hydrogen-bond acceptors (Lipinski definition) is 3. The van der Waals surface area contributed by atoms with Gasteiger partial charge in [-0.2, -0.15) is 0 Å². The molecule has 70 valence electrons. The molecule has 0 aliphatic heterocycles. The van der Waals surface area contributed by atoms with Crippen molar-refractivity contribution in [2.75, 3.05) is 0 Å². The van der Waals surface area contributed by atoms with Gasteiger partial charge in [0.25, 0.3) is 5.97 Å². The van der Waals surface area contributed by atoms with E-state index in [0.717, 1.165) is 0 Å². The van der Waals surface area contributed by atoms with Crippen LogP contribution in [0, 0.1) is 5.41 Å². The van der Waals surface area contributed by atoms with Gasteiger partial charge in [-0.1, -0.05) is 0 Å². The Hall–Kier alpha value is -0.505. The number of carbonyl (C=O) groups excluding carboxylic acids is 1. The topological polar surface area (TPSA) is 35.5 Å². The molecule has 0 aromatic heterocycles. The third kappa shape index (κ3) is 5.19. The van der Waals surface area contributed by atoms with E-state index in [0.29, 0.717) is 0 Å². The van der Waals surface area contributed by atoms with Crippen molar-refractivity contribution in [1.29, 1.82) is 0 Å². The minimum Gasteiger partial charge on any atom is -0.512 e. The molecule has 0 N–H and O–H groups in total. The van der Waals surface area contributed by atoms with Crippen molar-refractivity contribution in [3.63, 3.8) is 0 Å². The highest BCUT2D eigenvalue weighted by atomic mass is 16.6.